The van der Waals surface area contributed by atoms with Crippen molar-refractivity contribution in [3.63, 3.8) is 0 Å². The first kappa shape index (κ1) is 15.0. The van der Waals surface area contributed by atoms with Gasteiger partial charge < -0.3 is 4.74 Å². The van der Waals surface area contributed by atoms with Gasteiger partial charge in [-0.15, -0.1) is 0 Å². The lowest BCUT2D eigenvalue weighted by atomic mass is 9.91. The lowest BCUT2D eigenvalue weighted by Crippen LogP contribution is -2.39. The fraction of sp³-hybridized carbons (Fsp3) is 0.538. The monoisotopic (exact) mass is 347 g/mol. The SMILES string of the molecule is COCCNS(=O)(=O)C1CCc2cc(Br)ccc2C1. The maximum absolute atomic E-state index is 12.2. The minimum atomic E-state index is -3.25. The Labute approximate surface area is 122 Å². The summed E-state index contributed by atoms with van der Waals surface area (Å²) in [4.78, 5) is 0. The quantitative estimate of drug-likeness (QED) is 0.827. The van der Waals surface area contributed by atoms with Crippen molar-refractivity contribution in [2.24, 2.45) is 0 Å². The Morgan fingerprint density at radius 2 is 2.21 bits per heavy atom. The van der Waals surface area contributed by atoms with Crippen LogP contribution in [0.3, 0.4) is 0 Å². The van der Waals surface area contributed by atoms with E-state index in [0.29, 0.717) is 26.0 Å². The van der Waals surface area contributed by atoms with E-state index in [0.717, 1.165) is 16.5 Å². The number of methoxy groups -OCH3 is 1. The van der Waals surface area contributed by atoms with E-state index in [1.165, 1.54) is 5.56 Å². The normalized spacial score (nSPS) is 19.2. The zero-order chi connectivity index (χ0) is 13.9. The molecule has 1 atom stereocenters. The van der Waals surface area contributed by atoms with Crippen molar-refractivity contribution in [2.75, 3.05) is 20.3 Å². The van der Waals surface area contributed by atoms with Crippen LogP contribution in [0.4, 0.5) is 0 Å². The Bertz CT molecular complexity index is 545. The second-order valence-electron chi connectivity index (χ2n) is 4.71. The highest BCUT2D eigenvalue weighted by molar-refractivity contribution is 9.10. The van der Waals surface area contributed by atoms with Crippen LogP contribution in [0, 0.1) is 0 Å². The zero-order valence-corrected chi connectivity index (χ0v) is 13.3. The lowest BCUT2D eigenvalue weighted by molar-refractivity contribution is 0.204. The Hall–Kier alpha value is -0.430. The molecule has 19 heavy (non-hydrogen) atoms. The van der Waals surface area contributed by atoms with E-state index in [9.17, 15) is 8.42 Å². The van der Waals surface area contributed by atoms with Crippen LogP contribution in [-0.2, 0) is 27.6 Å². The molecule has 1 aliphatic rings. The predicted molar refractivity (Wildman–Crippen MR) is 78.8 cm³/mol. The molecule has 1 aromatic rings. The Morgan fingerprint density at radius 3 is 2.95 bits per heavy atom. The number of rotatable bonds is 5. The highest BCUT2D eigenvalue weighted by Gasteiger charge is 2.29. The molecular weight excluding hydrogens is 330 g/mol. The molecule has 4 nitrogen and oxygen atoms in total. The van der Waals surface area contributed by atoms with Crippen molar-refractivity contribution in [1.29, 1.82) is 0 Å². The van der Waals surface area contributed by atoms with Gasteiger partial charge in [0, 0.05) is 18.1 Å². The van der Waals surface area contributed by atoms with Gasteiger partial charge in [0.05, 0.1) is 11.9 Å². The van der Waals surface area contributed by atoms with Crippen molar-refractivity contribution in [3.05, 3.63) is 33.8 Å². The molecule has 0 amide bonds. The van der Waals surface area contributed by atoms with E-state index in [1.54, 1.807) is 7.11 Å². The molecule has 0 saturated heterocycles. The summed E-state index contributed by atoms with van der Waals surface area (Å²) in [7, 11) is -1.69. The maximum atomic E-state index is 12.2. The largest absolute Gasteiger partial charge is 0.383 e. The molecule has 0 spiro atoms. The van der Waals surface area contributed by atoms with Crippen LogP contribution in [0.15, 0.2) is 22.7 Å². The summed E-state index contributed by atoms with van der Waals surface area (Å²) in [6.45, 7) is 0.734. The molecule has 1 aliphatic carbocycles. The molecule has 106 valence electrons. The van der Waals surface area contributed by atoms with E-state index in [2.05, 4.69) is 26.7 Å². The lowest BCUT2D eigenvalue weighted by Gasteiger charge is -2.25. The Morgan fingerprint density at radius 1 is 1.42 bits per heavy atom. The first-order valence-corrected chi connectivity index (χ1v) is 8.61. The molecule has 1 unspecified atom stereocenters. The van der Waals surface area contributed by atoms with Gasteiger partial charge in [0.2, 0.25) is 10.0 Å². The Balaban J connectivity index is 2.07. The number of fused-ring (bicyclic) bond motifs is 1. The van der Waals surface area contributed by atoms with Crippen LogP contribution in [-0.4, -0.2) is 33.9 Å². The predicted octanol–water partition coefficient (Wildman–Crippen LogP) is 1.87. The number of nitrogens with one attached hydrogen (secondary N) is 1. The van der Waals surface area contributed by atoms with Gasteiger partial charge in [-0.05, 0) is 42.5 Å². The number of benzene rings is 1. The van der Waals surface area contributed by atoms with Gasteiger partial charge >= 0.3 is 0 Å². The first-order valence-electron chi connectivity index (χ1n) is 6.27. The molecule has 2 rings (SSSR count). The minimum absolute atomic E-state index is 0.335. The number of ether oxygens (including phenoxy) is 1. The second-order valence-corrected chi connectivity index (χ2v) is 7.67. The fourth-order valence-electron chi connectivity index (χ4n) is 2.36. The number of halogens is 1. The zero-order valence-electron chi connectivity index (χ0n) is 10.9. The third-order valence-electron chi connectivity index (χ3n) is 3.40. The summed E-state index contributed by atoms with van der Waals surface area (Å²) < 4.78 is 32.8. The van der Waals surface area contributed by atoms with E-state index in [1.807, 2.05) is 12.1 Å². The van der Waals surface area contributed by atoms with Gasteiger partial charge in [0.1, 0.15) is 0 Å². The molecule has 0 radical (unpaired) electrons. The summed E-state index contributed by atoms with van der Waals surface area (Å²) in [6, 6.07) is 6.05. The molecule has 0 fully saturated rings. The highest BCUT2D eigenvalue weighted by Crippen LogP contribution is 2.27. The van der Waals surface area contributed by atoms with E-state index in [4.69, 9.17) is 4.74 Å². The topological polar surface area (TPSA) is 55.4 Å². The van der Waals surface area contributed by atoms with Gasteiger partial charge in [0.25, 0.3) is 0 Å². The number of sulfonamides is 1. The van der Waals surface area contributed by atoms with Crippen molar-refractivity contribution >= 4 is 26.0 Å². The summed E-state index contributed by atoms with van der Waals surface area (Å²) in [5.41, 5.74) is 2.38. The van der Waals surface area contributed by atoms with Crippen molar-refractivity contribution < 1.29 is 13.2 Å². The maximum Gasteiger partial charge on any atom is 0.214 e. The molecule has 0 bridgehead atoms. The third kappa shape index (κ3) is 3.78. The van der Waals surface area contributed by atoms with Gasteiger partial charge in [-0.1, -0.05) is 22.0 Å². The fourth-order valence-corrected chi connectivity index (χ4v) is 4.20. The van der Waals surface area contributed by atoms with Crippen LogP contribution >= 0.6 is 15.9 Å². The average Bonchev–Trinajstić information content (AvgIpc) is 2.38. The number of hydrogen-bond donors (Lipinski definition) is 1. The van der Waals surface area contributed by atoms with Gasteiger partial charge in [-0.3, -0.25) is 0 Å². The third-order valence-corrected chi connectivity index (χ3v) is 5.78. The summed E-state index contributed by atoms with van der Waals surface area (Å²) >= 11 is 3.44. The van der Waals surface area contributed by atoms with Gasteiger partial charge in [0.15, 0.2) is 0 Å². The van der Waals surface area contributed by atoms with E-state index >= 15 is 0 Å². The first-order chi connectivity index (χ1) is 9.03. The standard InChI is InChI=1S/C13H18BrNO3S/c1-18-7-6-15-19(16,17)13-5-3-10-8-12(14)4-2-11(10)9-13/h2,4,8,13,15H,3,5-7,9H2,1H3. The molecule has 0 aromatic heterocycles. The molecule has 0 saturated carbocycles. The number of aryl methyl sites for hydroxylation is 1. The van der Waals surface area contributed by atoms with E-state index < -0.39 is 10.0 Å². The second kappa shape index (κ2) is 6.35. The summed E-state index contributed by atoms with van der Waals surface area (Å²) in [5, 5.41) is -0.335. The van der Waals surface area contributed by atoms with Gasteiger partial charge in [-0.2, -0.15) is 0 Å². The minimum Gasteiger partial charge on any atom is -0.383 e. The summed E-state index contributed by atoms with van der Waals surface area (Å²) in [5.74, 6) is 0. The van der Waals surface area contributed by atoms with Crippen LogP contribution in [0.5, 0.6) is 0 Å². The van der Waals surface area contributed by atoms with Crippen molar-refractivity contribution in [3.8, 4) is 0 Å². The number of hydrogen-bond acceptors (Lipinski definition) is 3. The molecule has 0 heterocycles. The van der Waals surface area contributed by atoms with Gasteiger partial charge in [-0.25, -0.2) is 13.1 Å². The van der Waals surface area contributed by atoms with Crippen molar-refractivity contribution in [1.82, 2.24) is 4.72 Å². The van der Waals surface area contributed by atoms with Crippen LogP contribution in [0.2, 0.25) is 0 Å². The van der Waals surface area contributed by atoms with Crippen LogP contribution in [0.1, 0.15) is 17.5 Å². The molecule has 0 aliphatic heterocycles. The summed E-state index contributed by atoms with van der Waals surface area (Å²) in [6.07, 6.45) is 2.07. The molecule has 1 aromatic carbocycles. The van der Waals surface area contributed by atoms with Crippen LogP contribution in [0.25, 0.3) is 0 Å². The molecule has 1 N–H and O–H groups in total. The van der Waals surface area contributed by atoms with Crippen LogP contribution < -0.4 is 4.72 Å². The molecular formula is C13H18BrNO3S. The molecule has 6 heteroatoms. The van der Waals surface area contributed by atoms with E-state index in [-0.39, 0.29) is 5.25 Å². The average molecular weight is 348 g/mol. The van der Waals surface area contributed by atoms with Crippen molar-refractivity contribution in [2.45, 2.75) is 24.5 Å². The smallest absolute Gasteiger partial charge is 0.214 e. The Kier molecular flexibility index (Phi) is 5.00. The highest BCUT2D eigenvalue weighted by atomic mass is 79.9.